The number of ether oxygens (including phenoxy) is 1. The van der Waals surface area contributed by atoms with Gasteiger partial charge in [-0.2, -0.15) is 0 Å². The van der Waals surface area contributed by atoms with Gasteiger partial charge in [0.1, 0.15) is 6.04 Å². The largest absolute Gasteiger partial charge is 0.465 e. The molecular formula is C10H21NO2. The molecule has 0 aromatic carbocycles. The summed E-state index contributed by atoms with van der Waals surface area (Å²) in [5.74, 6) is -0.124. The zero-order chi connectivity index (χ0) is 10.1. The predicted octanol–water partition coefficient (Wildman–Crippen LogP) is 1.72. The van der Waals surface area contributed by atoms with E-state index in [9.17, 15) is 4.79 Å². The molecule has 3 nitrogen and oxygen atoms in total. The van der Waals surface area contributed by atoms with Crippen LogP contribution in [0.15, 0.2) is 0 Å². The number of likely N-dealkylation sites (N-methyl/N-ethyl adjacent to an activating group) is 1. The molecule has 0 aromatic rings. The predicted molar refractivity (Wildman–Crippen MR) is 53.6 cm³/mol. The molecule has 0 saturated heterocycles. The normalized spacial score (nSPS) is 12.5. The summed E-state index contributed by atoms with van der Waals surface area (Å²) in [6, 6.07) is -0.119. The van der Waals surface area contributed by atoms with Crippen LogP contribution < -0.4 is 5.32 Å². The van der Waals surface area contributed by atoms with Crippen LogP contribution in [0.5, 0.6) is 0 Å². The third kappa shape index (κ3) is 5.64. The first-order chi connectivity index (χ1) is 6.26. The topological polar surface area (TPSA) is 38.3 Å². The third-order valence-corrected chi connectivity index (χ3v) is 2.02. The van der Waals surface area contributed by atoms with Crippen LogP contribution in [0.25, 0.3) is 0 Å². The molecule has 78 valence electrons. The van der Waals surface area contributed by atoms with E-state index in [2.05, 4.69) is 12.2 Å². The molecule has 1 N–H and O–H groups in total. The number of esters is 1. The maximum absolute atomic E-state index is 11.3. The lowest BCUT2D eigenvalue weighted by atomic mass is 10.1. The van der Waals surface area contributed by atoms with Crippen molar-refractivity contribution in [3.05, 3.63) is 0 Å². The van der Waals surface area contributed by atoms with Crippen molar-refractivity contribution in [2.45, 2.75) is 45.6 Å². The number of rotatable bonds is 7. The highest BCUT2D eigenvalue weighted by molar-refractivity contribution is 5.75. The highest BCUT2D eigenvalue weighted by atomic mass is 16.5. The lowest BCUT2D eigenvalue weighted by Gasteiger charge is -2.13. The minimum atomic E-state index is -0.124. The summed E-state index contributed by atoms with van der Waals surface area (Å²) in [4.78, 5) is 11.3. The second-order valence-electron chi connectivity index (χ2n) is 3.09. The van der Waals surface area contributed by atoms with Gasteiger partial charge in [-0.3, -0.25) is 4.79 Å². The molecule has 0 aromatic heterocycles. The molecule has 0 aliphatic carbocycles. The average molecular weight is 187 g/mol. The second kappa shape index (κ2) is 8.05. The Labute approximate surface area is 80.8 Å². The van der Waals surface area contributed by atoms with Crippen LogP contribution in [0, 0.1) is 0 Å². The molecule has 0 amide bonds. The Morgan fingerprint density at radius 3 is 2.54 bits per heavy atom. The fraction of sp³-hybridized carbons (Fsp3) is 0.900. The maximum atomic E-state index is 11.3. The van der Waals surface area contributed by atoms with Gasteiger partial charge < -0.3 is 10.1 Å². The molecule has 0 radical (unpaired) electrons. The standard InChI is InChI=1S/C10H21NO2/c1-4-6-7-8-9(11-3)10(12)13-5-2/h9,11H,4-8H2,1-3H3. The molecule has 1 atom stereocenters. The quantitative estimate of drug-likeness (QED) is 0.487. The SMILES string of the molecule is CCCCCC(NC)C(=O)OCC. The molecule has 3 heteroatoms. The van der Waals surface area contributed by atoms with E-state index >= 15 is 0 Å². The maximum Gasteiger partial charge on any atom is 0.323 e. The van der Waals surface area contributed by atoms with Crippen molar-refractivity contribution < 1.29 is 9.53 Å². The van der Waals surface area contributed by atoms with Gasteiger partial charge in [-0.1, -0.05) is 26.2 Å². The zero-order valence-electron chi connectivity index (χ0n) is 8.93. The number of nitrogens with one attached hydrogen (secondary N) is 1. The average Bonchev–Trinajstić information content (AvgIpc) is 2.13. The Kier molecular flexibility index (Phi) is 7.69. The first-order valence-corrected chi connectivity index (χ1v) is 5.10. The van der Waals surface area contributed by atoms with Crippen LogP contribution >= 0.6 is 0 Å². The lowest BCUT2D eigenvalue weighted by Crippen LogP contribution is -2.35. The number of hydrogen-bond acceptors (Lipinski definition) is 3. The number of unbranched alkanes of at least 4 members (excludes halogenated alkanes) is 2. The molecule has 0 fully saturated rings. The Bertz CT molecular complexity index is 137. The van der Waals surface area contributed by atoms with Gasteiger partial charge in [0, 0.05) is 0 Å². The summed E-state index contributed by atoms with van der Waals surface area (Å²) < 4.78 is 4.92. The molecule has 0 aliphatic rings. The highest BCUT2D eigenvalue weighted by Gasteiger charge is 2.16. The van der Waals surface area contributed by atoms with E-state index in [4.69, 9.17) is 4.74 Å². The molecular weight excluding hydrogens is 166 g/mol. The highest BCUT2D eigenvalue weighted by Crippen LogP contribution is 2.04. The molecule has 0 heterocycles. The van der Waals surface area contributed by atoms with Crippen molar-refractivity contribution in [1.29, 1.82) is 0 Å². The Morgan fingerprint density at radius 2 is 2.08 bits per heavy atom. The summed E-state index contributed by atoms with van der Waals surface area (Å²) in [6.07, 6.45) is 4.32. The van der Waals surface area contributed by atoms with E-state index < -0.39 is 0 Å². The molecule has 13 heavy (non-hydrogen) atoms. The monoisotopic (exact) mass is 187 g/mol. The Morgan fingerprint density at radius 1 is 1.38 bits per heavy atom. The molecule has 0 rings (SSSR count). The van der Waals surface area contributed by atoms with Gasteiger partial charge >= 0.3 is 5.97 Å². The van der Waals surface area contributed by atoms with Gasteiger partial charge in [0.2, 0.25) is 0 Å². The Balaban J connectivity index is 3.67. The molecule has 0 spiro atoms. The Hall–Kier alpha value is -0.570. The van der Waals surface area contributed by atoms with Crippen molar-refractivity contribution in [1.82, 2.24) is 5.32 Å². The van der Waals surface area contributed by atoms with Crippen molar-refractivity contribution in [2.24, 2.45) is 0 Å². The van der Waals surface area contributed by atoms with Gasteiger partial charge in [0.15, 0.2) is 0 Å². The third-order valence-electron chi connectivity index (χ3n) is 2.02. The van der Waals surface area contributed by atoms with Crippen LogP contribution in [-0.4, -0.2) is 25.7 Å². The summed E-state index contributed by atoms with van der Waals surface area (Å²) in [5, 5.41) is 2.97. The van der Waals surface area contributed by atoms with Gasteiger partial charge in [-0.05, 0) is 20.4 Å². The first-order valence-electron chi connectivity index (χ1n) is 5.10. The van der Waals surface area contributed by atoms with E-state index in [0.29, 0.717) is 6.61 Å². The van der Waals surface area contributed by atoms with Crippen LogP contribution in [0.1, 0.15) is 39.5 Å². The van der Waals surface area contributed by atoms with E-state index in [1.807, 2.05) is 6.92 Å². The number of carbonyl (C=O) groups is 1. The minimum Gasteiger partial charge on any atom is -0.465 e. The first kappa shape index (κ1) is 12.4. The summed E-state index contributed by atoms with van der Waals surface area (Å²) in [5.41, 5.74) is 0. The number of carbonyl (C=O) groups excluding carboxylic acids is 1. The fourth-order valence-corrected chi connectivity index (χ4v) is 1.22. The van der Waals surface area contributed by atoms with Crippen LogP contribution in [0.3, 0.4) is 0 Å². The molecule has 0 bridgehead atoms. The van der Waals surface area contributed by atoms with E-state index in [1.165, 1.54) is 12.8 Å². The van der Waals surface area contributed by atoms with Gasteiger partial charge in [-0.25, -0.2) is 0 Å². The zero-order valence-corrected chi connectivity index (χ0v) is 8.93. The smallest absolute Gasteiger partial charge is 0.323 e. The van der Waals surface area contributed by atoms with Crippen LogP contribution in [-0.2, 0) is 9.53 Å². The van der Waals surface area contributed by atoms with Crippen LogP contribution in [0.2, 0.25) is 0 Å². The van der Waals surface area contributed by atoms with E-state index in [1.54, 1.807) is 7.05 Å². The summed E-state index contributed by atoms with van der Waals surface area (Å²) in [7, 11) is 1.80. The second-order valence-corrected chi connectivity index (χ2v) is 3.09. The summed E-state index contributed by atoms with van der Waals surface area (Å²) in [6.45, 7) is 4.44. The lowest BCUT2D eigenvalue weighted by molar-refractivity contribution is -0.145. The van der Waals surface area contributed by atoms with Gasteiger partial charge in [-0.15, -0.1) is 0 Å². The van der Waals surface area contributed by atoms with Crippen molar-refractivity contribution in [2.75, 3.05) is 13.7 Å². The molecule has 1 unspecified atom stereocenters. The van der Waals surface area contributed by atoms with E-state index in [-0.39, 0.29) is 12.0 Å². The van der Waals surface area contributed by atoms with Gasteiger partial charge in [0.05, 0.1) is 6.61 Å². The van der Waals surface area contributed by atoms with Crippen molar-refractivity contribution in [3.63, 3.8) is 0 Å². The molecule has 0 aliphatic heterocycles. The molecule has 0 saturated carbocycles. The number of hydrogen-bond donors (Lipinski definition) is 1. The minimum absolute atomic E-state index is 0.119. The van der Waals surface area contributed by atoms with Crippen molar-refractivity contribution >= 4 is 5.97 Å². The summed E-state index contributed by atoms with van der Waals surface area (Å²) >= 11 is 0. The fourth-order valence-electron chi connectivity index (χ4n) is 1.22. The van der Waals surface area contributed by atoms with Crippen molar-refractivity contribution in [3.8, 4) is 0 Å². The van der Waals surface area contributed by atoms with Crippen LogP contribution in [0.4, 0.5) is 0 Å². The van der Waals surface area contributed by atoms with E-state index in [0.717, 1.165) is 12.8 Å². The van der Waals surface area contributed by atoms with Gasteiger partial charge in [0.25, 0.3) is 0 Å².